The van der Waals surface area contributed by atoms with Crippen molar-refractivity contribution in [3.05, 3.63) is 0 Å². The molecule has 344 valence electrons. The highest BCUT2D eigenvalue weighted by molar-refractivity contribution is 5.78. The van der Waals surface area contributed by atoms with Gasteiger partial charge in [-0.25, -0.2) is 0 Å². The quantitative estimate of drug-likeness (QED) is 0.0415. The average Bonchev–Trinajstić information content (AvgIpc) is 3.21. The SMILES string of the molecule is CCCCCCCCCC(=O)NC(COCCC(=O)NCCC)(COCCC(=O)NCCCNC(=O)CCCCO)COCCC(=O)NCCCNC(=O)CCCCO. The lowest BCUT2D eigenvalue weighted by molar-refractivity contribution is -0.130. The Morgan fingerprint density at radius 2 is 0.729 bits per heavy atom. The second-order valence-corrected chi connectivity index (χ2v) is 14.9. The van der Waals surface area contributed by atoms with Crippen molar-refractivity contribution < 1.29 is 53.2 Å². The van der Waals surface area contributed by atoms with Gasteiger partial charge in [-0.15, -0.1) is 0 Å². The minimum absolute atomic E-state index is 0.0351. The highest BCUT2D eigenvalue weighted by Gasteiger charge is 2.34. The van der Waals surface area contributed by atoms with Gasteiger partial charge in [0.15, 0.2) is 0 Å². The van der Waals surface area contributed by atoms with Crippen LogP contribution in [-0.2, 0) is 43.0 Å². The molecule has 0 heterocycles. The van der Waals surface area contributed by atoms with Gasteiger partial charge in [-0.1, -0.05) is 52.4 Å². The van der Waals surface area contributed by atoms with Gasteiger partial charge in [-0.05, 0) is 51.4 Å². The molecule has 0 bridgehead atoms. The topological polar surface area (TPSA) is 243 Å². The second kappa shape index (κ2) is 40.0. The molecule has 0 spiro atoms. The predicted molar refractivity (Wildman–Crippen MR) is 226 cm³/mol. The Kier molecular flexibility index (Phi) is 37.8. The fraction of sp³-hybridized carbons (Fsp3) is 0.857. The Morgan fingerprint density at radius 3 is 1.12 bits per heavy atom. The number of aliphatic hydroxyl groups is 2. The number of carbonyl (C=O) groups excluding carboxylic acids is 6. The molecule has 0 fully saturated rings. The van der Waals surface area contributed by atoms with E-state index >= 15 is 0 Å². The van der Waals surface area contributed by atoms with Crippen molar-refractivity contribution in [3.63, 3.8) is 0 Å². The molecule has 0 aliphatic rings. The van der Waals surface area contributed by atoms with Gasteiger partial charge < -0.3 is 56.3 Å². The summed E-state index contributed by atoms with van der Waals surface area (Å²) in [5, 5.41) is 34.8. The standard InChI is InChI=1S/C42H80N6O11/c1-3-5-6-7-8-9-10-19-41(56)48-42(33-57-30-20-38(53)43-23-4-2,34-58-31-21-39(54)46-26-15-24-44-36(51)17-11-13-28-49)35-59-32-22-40(55)47-27-16-25-45-37(52)18-12-14-29-50/h49-50H,3-35H2,1-2H3,(H,43,53)(H,44,51)(H,45,52)(H,46,54)(H,47,55)(H,48,56). The summed E-state index contributed by atoms with van der Waals surface area (Å²) in [5.74, 6) is -0.992. The monoisotopic (exact) mass is 845 g/mol. The van der Waals surface area contributed by atoms with Crippen LogP contribution in [0.25, 0.3) is 0 Å². The molecule has 6 amide bonds. The van der Waals surface area contributed by atoms with Crippen LogP contribution in [0.3, 0.4) is 0 Å². The molecule has 0 aliphatic heterocycles. The Hall–Kier alpha value is -3.38. The zero-order valence-electron chi connectivity index (χ0n) is 36.4. The van der Waals surface area contributed by atoms with Crippen LogP contribution in [0.2, 0.25) is 0 Å². The van der Waals surface area contributed by atoms with Gasteiger partial charge >= 0.3 is 0 Å². The molecule has 0 radical (unpaired) electrons. The molecule has 0 saturated heterocycles. The van der Waals surface area contributed by atoms with Crippen molar-refractivity contribution in [2.45, 2.75) is 148 Å². The van der Waals surface area contributed by atoms with Gasteiger partial charge in [0.25, 0.3) is 0 Å². The minimum atomic E-state index is -1.17. The molecule has 0 aliphatic carbocycles. The first-order valence-electron chi connectivity index (χ1n) is 22.2. The Bertz CT molecular complexity index is 1060. The maximum atomic E-state index is 13.4. The smallest absolute Gasteiger partial charge is 0.222 e. The van der Waals surface area contributed by atoms with Gasteiger partial charge in [-0.3, -0.25) is 28.8 Å². The van der Waals surface area contributed by atoms with Crippen LogP contribution >= 0.6 is 0 Å². The van der Waals surface area contributed by atoms with E-state index in [-0.39, 0.29) is 108 Å². The van der Waals surface area contributed by atoms with Gasteiger partial charge in [0.2, 0.25) is 35.4 Å². The summed E-state index contributed by atoms with van der Waals surface area (Å²) in [6.07, 6.45) is 12.9. The van der Waals surface area contributed by atoms with E-state index in [2.05, 4.69) is 38.8 Å². The third-order valence-corrected chi connectivity index (χ3v) is 9.16. The van der Waals surface area contributed by atoms with Crippen LogP contribution < -0.4 is 31.9 Å². The van der Waals surface area contributed by atoms with E-state index < -0.39 is 5.54 Å². The predicted octanol–water partition coefficient (Wildman–Crippen LogP) is 2.30. The lowest BCUT2D eigenvalue weighted by Gasteiger charge is -2.34. The van der Waals surface area contributed by atoms with Crippen molar-refractivity contribution in [3.8, 4) is 0 Å². The normalized spacial score (nSPS) is 11.2. The fourth-order valence-corrected chi connectivity index (χ4v) is 5.72. The zero-order chi connectivity index (χ0) is 43.7. The van der Waals surface area contributed by atoms with E-state index in [1.807, 2.05) is 6.92 Å². The summed E-state index contributed by atoms with van der Waals surface area (Å²) < 4.78 is 17.9. The molecule has 8 N–H and O–H groups in total. The second-order valence-electron chi connectivity index (χ2n) is 14.9. The molecule has 59 heavy (non-hydrogen) atoms. The van der Waals surface area contributed by atoms with Gasteiger partial charge in [0.1, 0.15) is 5.54 Å². The van der Waals surface area contributed by atoms with Crippen LogP contribution in [0.4, 0.5) is 0 Å². The molecule has 0 saturated carbocycles. The van der Waals surface area contributed by atoms with Gasteiger partial charge in [0.05, 0.1) is 39.6 Å². The van der Waals surface area contributed by atoms with E-state index in [1.54, 1.807) is 0 Å². The van der Waals surface area contributed by atoms with E-state index in [0.29, 0.717) is 90.5 Å². The molecule has 0 aromatic rings. The van der Waals surface area contributed by atoms with Gasteiger partial charge in [-0.2, -0.15) is 0 Å². The zero-order valence-corrected chi connectivity index (χ0v) is 36.4. The summed E-state index contributed by atoms with van der Waals surface area (Å²) in [6.45, 7) is 6.46. The highest BCUT2D eigenvalue weighted by atomic mass is 16.5. The number of amides is 6. The first-order valence-corrected chi connectivity index (χ1v) is 22.2. The number of rotatable bonds is 42. The molecule has 0 aromatic carbocycles. The number of nitrogens with one attached hydrogen (secondary N) is 6. The summed E-state index contributed by atoms with van der Waals surface area (Å²) in [7, 11) is 0. The third-order valence-electron chi connectivity index (χ3n) is 9.16. The summed E-state index contributed by atoms with van der Waals surface area (Å²) in [6, 6.07) is 0. The first-order chi connectivity index (χ1) is 28.6. The summed E-state index contributed by atoms with van der Waals surface area (Å²) in [4.78, 5) is 74.3. The highest BCUT2D eigenvalue weighted by Crippen LogP contribution is 2.13. The molecule has 0 aromatic heterocycles. The molecule has 0 atom stereocenters. The van der Waals surface area contributed by atoms with Crippen LogP contribution in [0.15, 0.2) is 0 Å². The lowest BCUT2D eigenvalue weighted by Crippen LogP contribution is -2.58. The van der Waals surface area contributed by atoms with Crippen molar-refractivity contribution in [2.75, 3.05) is 85.6 Å². The lowest BCUT2D eigenvalue weighted by atomic mass is 10.0. The number of ether oxygens (including phenoxy) is 3. The third kappa shape index (κ3) is 36.2. The molecule has 0 rings (SSSR count). The van der Waals surface area contributed by atoms with Crippen LogP contribution in [0.5, 0.6) is 0 Å². The minimum Gasteiger partial charge on any atom is -0.396 e. The average molecular weight is 845 g/mol. The molecule has 17 heteroatoms. The molecule has 0 unspecified atom stereocenters. The first kappa shape index (κ1) is 55.6. The number of hydrogen-bond acceptors (Lipinski definition) is 11. The maximum Gasteiger partial charge on any atom is 0.222 e. The molecular formula is C42H80N6O11. The number of unbranched alkanes of at least 4 members (excludes halogenated alkanes) is 8. The van der Waals surface area contributed by atoms with Crippen molar-refractivity contribution in [1.82, 2.24) is 31.9 Å². The van der Waals surface area contributed by atoms with Crippen molar-refractivity contribution in [2.24, 2.45) is 0 Å². The van der Waals surface area contributed by atoms with Gasteiger partial charge in [0, 0.05) is 84.5 Å². The Balaban J connectivity index is 5.30. The number of aliphatic hydroxyl groups excluding tert-OH is 2. The van der Waals surface area contributed by atoms with Crippen molar-refractivity contribution in [1.29, 1.82) is 0 Å². The van der Waals surface area contributed by atoms with E-state index in [4.69, 9.17) is 24.4 Å². The van der Waals surface area contributed by atoms with E-state index in [9.17, 15) is 28.8 Å². The Morgan fingerprint density at radius 1 is 0.390 bits per heavy atom. The van der Waals surface area contributed by atoms with E-state index in [1.165, 1.54) is 19.3 Å². The summed E-state index contributed by atoms with van der Waals surface area (Å²) >= 11 is 0. The maximum absolute atomic E-state index is 13.4. The Labute approximate surface area is 353 Å². The number of carbonyl (C=O) groups is 6. The van der Waals surface area contributed by atoms with E-state index in [0.717, 1.165) is 32.1 Å². The summed E-state index contributed by atoms with van der Waals surface area (Å²) in [5.41, 5.74) is -1.17. The van der Waals surface area contributed by atoms with Crippen LogP contribution in [0.1, 0.15) is 142 Å². The fourth-order valence-electron chi connectivity index (χ4n) is 5.72. The van der Waals surface area contributed by atoms with Crippen molar-refractivity contribution >= 4 is 35.4 Å². The largest absolute Gasteiger partial charge is 0.396 e. The van der Waals surface area contributed by atoms with Crippen LogP contribution in [-0.4, -0.2) is 137 Å². The number of hydrogen-bond donors (Lipinski definition) is 8. The molecule has 17 nitrogen and oxygen atoms in total. The van der Waals surface area contributed by atoms with Crippen LogP contribution in [0, 0.1) is 0 Å². The molecular weight excluding hydrogens is 764 g/mol.